The molecular weight excluding hydrogens is 425 g/mol. The summed E-state index contributed by atoms with van der Waals surface area (Å²) in [6.45, 7) is 3.18. The number of nitrogens with zero attached hydrogens (tertiary/aromatic N) is 6. The molecule has 170 valence electrons. The lowest BCUT2D eigenvalue weighted by Crippen LogP contribution is -2.44. The van der Waals surface area contributed by atoms with Crippen LogP contribution < -0.4 is 21.9 Å². The number of anilines is 1. The van der Waals surface area contributed by atoms with Gasteiger partial charge >= 0.3 is 5.69 Å². The highest BCUT2D eigenvalue weighted by Crippen LogP contribution is 2.23. The average Bonchev–Trinajstić information content (AvgIpc) is 3.19. The van der Waals surface area contributed by atoms with Gasteiger partial charge in [0.1, 0.15) is 11.9 Å². The molecule has 0 bridgehead atoms. The fraction of sp³-hybridized carbons (Fsp3) is 0.391. The van der Waals surface area contributed by atoms with Gasteiger partial charge in [0, 0.05) is 26.2 Å². The third-order valence-corrected chi connectivity index (χ3v) is 5.86. The van der Waals surface area contributed by atoms with Crippen LogP contribution in [0.15, 0.2) is 27.8 Å². The number of nitriles is 1. The first-order valence-corrected chi connectivity index (χ1v) is 10.6. The molecule has 0 radical (unpaired) electrons. The minimum absolute atomic E-state index is 0.00226. The monoisotopic (exact) mass is 449 g/mol. The Morgan fingerprint density at radius 3 is 2.79 bits per heavy atom. The van der Waals surface area contributed by atoms with Gasteiger partial charge in [-0.3, -0.25) is 18.5 Å². The van der Waals surface area contributed by atoms with Crippen molar-refractivity contribution in [1.29, 1.82) is 5.26 Å². The van der Waals surface area contributed by atoms with Crippen molar-refractivity contribution in [3.8, 4) is 17.9 Å². The number of rotatable bonds is 4. The first-order chi connectivity index (χ1) is 15.8. The number of piperidine rings is 1. The van der Waals surface area contributed by atoms with Crippen LogP contribution in [-0.2, 0) is 20.1 Å². The number of hydrogen-bond donors (Lipinski definition) is 1. The minimum atomic E-state index is -0.655. The Labute approximate surface area is 189 Å². The van der Waals surface area contributed by atoms with Crippen LogP contribution in [-0.4, -0.2) is 37.8 Å². The number of benzene rings is 1. The van der Waals surface area contributed by atoms with Crippen LogP contribution in [0.25, 0.3) is 11.2 Å². The first kappa shape index (κ1) is 22.3. The smallest absolute Gasteiger partial charge is 0.332 e. The highest BCUT2D eigenvalue weighted by atomic mass is 19.1. The van der Waals surface area contributed by atoms with E-state index in [4.69, 9.17) is 11.0 Å². The number of halogens is 1. The zero-order valence-corrected chi connectivity index (χ0v) is 18.5. The predicted molar refractivity (Wildman–Crippen MR) is 122 cm³/mol. The maximum Gasteiger partial charge on any atom is 0.332 e. The summed E-state index contributed by atoms with van der Waals surface area (Å²) in [6, 6.07) is 5.72. The van der Waals surface area contributed by atoms with Gasteiger partial charge in [-0.1, -0.05) is 12.0 Å². The molecule has 4 rings (SSSR count). The lowest BCUT2D eigenvalue weighted by atomic mass is 10.1. The lowest BCUT2D eigenvalue weighted by Gasteiger charge is -2.31. The van der Waals surface area contributed by atoms with Gasteiger partial charge in [-0.25, -0.2) is 9.18 Å². The van der Waals surface area contributed by atoms with Gasteiger partial charge in [0.15, 0.2) is 11.2 Å². The summed E-state index contributed by atoms with van der Waals surface area (Å²) in [5.41, 5.74) is 5.93. The summed E-state index contributed by atoms with van der Waals surface area (Å²) in [4.78, 5) is 33.3. The second-order valence-electron chi connectivity index (χ2n) is 8.10. The van der Waals surface area contributed by atoms with Crippen LogP contribution >= 0.6 is 0 Å². The van der Waals surface area contributed by atoms with Crippen LogP contribution in [0.1, 0.15) is 30.9 Å². The van der Waals surface area contributed by atoms with Crippen LogP contribution in [0.4, 0.5) is 10.3 Å². The predicted octanol–water partition coefficient (Wildman–Crippen LogP) is 0.907. The molecule has 1 fully saturated rings. The molecule has 33 heavy (non-hydrogen) atoms. The molecule has 10 heteroatoms. The fourth-order valence-corrected chi connectivity index (χ4v) is 4.18. The Morgan fingerprint density at radius 1 is 1.30 bits per heavy atom. The van der Waals surface area contributed by atoms with E-state index in [1.807, 2.05) is 4.90 Å². The van der Waals surface area contributed by atoms with E-state index in [1.54, 1.807) is 24.6 Å². The molecule has 3 heterocycles. The quantitative estimate of drug-likeness (QED) is 0.592. The number of fused-ring (bicyclic) bond motifs is 1. The van der Waals surface area contributed by atoms with Crippen molar-refractivity contribution in [2.45, 2.75) is 38.9 Å². The molecule has 2 aromatic heterocycles. The van der Waals surface area contributed by atoms with E-state index in [0.29, 0.717) is 18.1 Å². The summed E-state index contributed by atoms with van der Waals surface area (Å²) >= 11 is 0. The maximum absolute atomic E-state index is 13.7. The van der Waals surface area contributed by atoms with E-state index in [1.165, 1.54) is 16.7 Å². The molecule has 0 spiro atoms. The zero-order chi connectivity index (χ0) is 23.7. The third-order valence-electron chi connectivity index (χ3n) is 5.86. The molecule has 9 nitrogen and oxygen atoms in total. The summed E-state index contributed by atoms with van der Waals surface area (Å²) < 4.78 is 17.9. The number of nitrogens with two attached hydrogens (primary N) is 1. The van der Waals surface area contributed by atoms with Crippen molar-refractivity contribution in [1.82, 2.24) is 18.7 Å². The van der Waals surface area contributed by atoms with E-state index in [2.05, 4.69) is 16.8 Å². The van der Waals surface area contributed by atoms with E-state index >= 15 is 0 Å². The molecule has 1 aliphatic heterocycles. The molecule has 1 atom stereocenters. The van der Waals surface area contributed by atoms with Gasteiger partial charge in [0.2, 0.25) is 5.95 Å². The van der Waals surface area contributed by atoms with Crippen molar-refractivity contribution in [3.63, 3.8) is 0 Å². The van der Waals surface area contributed by atoms with E-state index in [0.717, 1.165) is 30.0 Å². The summed E-state index contributed by atoms with van der Waals surface area (Å²) in [5, 5.41) is 9.11. The fourth-order valence-electron chi connectivity index (χ4n) is 4.18. The van der Waals surface area contributed by atoms with E-state index in [9.17, 15) is 14.0 Å². The Balaban J connectivity index is 1.91. The van der Waals surface area contributed by atoms with Crippen molar-refractivity contribution in [2.24, 2.45) is 12.8 Å². The van der Waals surface area contributed by atoms with Gasteiger partial charge in [-0.2, -0.15) is 10.2 Å². The highest BCUT2D eigenvalue weighted by Gasteiger charge is 2.26. The minimum Gasteiger partial charge on any atom is -0.341 e. The Bertz CT molecular complexity index is 1450. The van der Waals surface area contributed by atoms with Gasteiger partial charge < -0.3 is 10.6 Å². The Morgan fingerprint density at radius 2 is 2.09 bits per heavy atom. The molecule has 1 aliphatic rings. The van der Waals surface area contributed by atoms with Gasteiger partial charge in [0.25, 0.3) is 5.56 Å². The summed E-state index contributed by atoms with van der Waals surface area (Å²) in [6.07, 6.45) is 1.82. The average molecular weight is 449 g/mol. The third kappa shape index (κ3) is 4.01. The Hall–Kier alpha value is -3.89. The molecule has 3 aromatic rings. The Kier molecular flexibility index (Phi) is 6.03. The lowest BCUT2D eigenvalue weighted by molar-refractivity contribution is 0.496. The van der Waals surface area contributed by atoms with Crippen LogP contribution in [0.3, 0.4) is 0 Å². The number of aromatic nitrogens is 4. The van der Waals surface area contributed by atoms with Crippen LogP contribution in [0, 0.1) is 29.0 Å². The molecule has 2 N–H and O–H groups in total. The molecule has 0 saturated carbocycles. The van der Waals surface area contributed by atoms with Crippen LogP contribution in [0.2, 0.25) is 0 Å². The molecule has 1 saturated heterocycles. The van der Waals surface area contributed by atoms with Crippen molar-refractivity contribution in [2.75, 3.05) is 18.0 Å². The highest BCUT2D eigenvalue weighted by molar-refractivity contribution is 5.75. The van der Waals surface area contributed by atoms with E-state index in [-0.39, 0.29) is 35.9 Å². The maximum atomic E-state index is 13.7. The number of imidazole rings is 1. The molecule has 1 unspecified atom stereocenters. The summed E-state index contributed by atoms with van der Waals surface area (Å²) in [7, 11) is 1.56. The second kappa shape index (κ2) is 8.93. The van der Waals surface area contributed by atoms with E-state index < -0.39 is 17.1 Å². The van der Waals surface area contributed by atoms with Gasteiger partial charge in [0.05, 0.1) is 18.7 Å². The van der Waals surface area contributed by atoms with Gasteiger partial charge in [-0.05, 0) is 37.5 Å². The first-order valence-electron chi connectivity index (χ1n) is 10.6. The standard InChI is InChI=1S/C23H24FN7O2/c1-3-4-10-30-19-20(27-22(30)29-9-5-6-17(26)14-29)28(2)23(33)31(21(19)32)13-15-7-8-18(24)16(11-15)12-25/h7-8,11,17H,5-6,9-10,13-14,26H2,1-2H3. The topological polar surface area (TPSA) is 115 Å². The SMILES string of the molecule is CC#CCn1c(N2CCCC(N)C2)nc2c1c(=O)n(Cc1ccc(F)c(C#N)c1)c(=O)n2C. The van der Waals surface area contributed by atoms with Crippen molar-refractivity contribution in [3.05, 3.63) is 56.0 Å². The van der Waals surface area contributed by atoms with Crippen molar-refractivity contribution >= 4 is 17.1 Å². The molecular formula is C23H24FN7O2. The second-order valence-corrected chi connectivity index (χ2v) is 8.10. The number of hydrogen-bond acceptors (Lipinski definition) is 6. The summed E-state index contributed by atoms with van der Waals surface area (Å²) in [5.74, 6) is 5.73. The molecule has 0 aliphatic carbocycles. The number of aryl methyl sites for hydroxylation is 1. The zero-order valence-electron chi connectivity index (χ0n) is 18.5. The normalized spacial score (nSPS) is 15.8. The molecule has 1 aromatic carbocycles. The molecule has 0 amide bonds. The van der Waals surface area contributed by atoms with Crippen LogP contribution in [0.5, 0.6) is 0 Å². The largest absolute Gasteiger partial charge is 0.341 e. The van der Waals surface area contributed by atoms with Crippen molar-refractivity contribution < 1.29 is 4.39 Å². The van der Waals surface area contributed by atoms with Gasteiger partial charge in [-0.15, -0.1) is 5.92 Å².